The first-order valence-corrected chi connectivity index (χ1v) is 5.09. The second-order valence-electron chi connectivity index (χ2n) is 3.27. The maximum atomic E-state index is 11.5. The predicted octanol–water partition coefficient (Wildman–Crippen LogP) is 0.639. The molecular weight excluding hydrogens is 174 g/mol. The lowest BCUT2D eigenvalue weighted by Crippen LogP contribution is -2.48. The number of thioether (sulfide) groups is 1. The summed E-state index contributed by atoms with van der Waals surface area (Å²) in [7, 11) is 0. The highest BCUT2D eigenvalue weighted by Gasteiger charge is 2.41. The van der Waals surface area contributed by atoms with E-state index in [1.807, 2.05) is 0 Å². The van der Waals surface area contributed by atoms with E-state index in [4.69, 9.17) is 0 Å². The standard InChI is InChI=1S/C8H11NO2S/c1-5-7(10)9-4-2-3-6(9)8(11)12-5/h5-6H,2-4H2,1H3/t5-,6?/m1/s1. The van der Waals surface area contributed by atoms with Crippen LogP contribution in [0.1, 0.15) is 19.8 Å². The van der Waals surface area contributed by atoms with Gasteiger partial charge >= 0.3 is 0 Å². The second kappa shape index (κ2) is 2.76. The smallest absolute Gasteiger partial charge is 0.236 e. The van der Waals surface area contributed by atoms with Crippen LogP contribution in [0.15, 0.2) is 0 Å². The third-order valence-electron chi connectivity index (χ3n) is 2.45. The van der Waals surface area contributed by atoms with Gasteiger partial charge in [0.05, 0.1) is 5.25 Å². The van der Waals surface area contributed by atoms with E-state index in [-0.39, 0.29) is 22.3 Å². The summed E-state index contributed by atoms with van der Waals surface area (Å²) in [6.45, 7) is 2.58. The molecule has 0 radical (unpaired) electrons. The molecule has 2 aliphatic heterocycles. The van der Waals surface area contributed by atoms with E-state index in [0.29, 0.717) is 0 Å². The summed E-state index contributed by atoms with van der Waals surface area (Å²) in [5, 5.41) is 0.0199. The van der Waals surface area contributed by atoms with Crippen LogP contribution in [0.3, 0.4) is 0 Å². The summed E-state index contributed by atoms with van der Waals surface area (Å²) in [5.41, 5.74) is 0. The highest BCUT2D eigenvalue weighted by Crippen LogP contribution is 2.31. The molecule has 2 rings (SSSR count). The molecule has 2 atom stereocenters. The summed E-state index contributed by atoms with van der Waals surface area (Å²) in [6.07, 6.45) is 1.85. The van der Waals surface area contributed by atoms with Crippen LogP contribution in [0.2, 0.25) is 0 Å². The molecule has 2 fully saturated rings. The van der Waals surface area contributed by atoms with E-state index in [0.717, 1.165) is 19.4 Å². The Morgan fingerprint density at radius 2 is 2.25 bits per heavy atom. The molecule has 4 heteroatoms. The van der Waals surface area contributed by atoms with Gasteiger partial charge < -0.3 is 4.90 Å². The molecule has 3 nitrogen and oxygen atoms in total. The van der Waals surface area contributed by atoms with Crippen molar-refractivity contribution in [1.29, 1.82) is 0 Å². The maximum Gasteiger partial charge on any atom is 0.236 e. The summed E-state index contributed by atoms with van der Waals surface area (Å²) in [6, 6.07) is -0.0984. The van der Waals surface area contributed by atoms with Crippen molar-refractivity contribution in [2.75, 3.05) is 6.54 Å². The zero-order valence-corrected chi connectivity index (χ0v) is 7.76. The van der Waals surface area contributed by atoms with Gasteiger partial charge in [0.2, 0.25) is 11.0 Å². The Morgan fingerprint density at radius 1 is 1.50 bits per heavy atom. The fraction of sp³-hybridized carbons (Fsp3) is 0.750. The summed E-state index contributed by atoms with van der Waals surface area (Å²) in [5.74, 6) is 0.141. The molecular formula is C8H11NO2S. The molecule has 0 aliphatic carbocycles. The molecule has 0 saturated carbocycles. The lowest BCUT2D eigenvalue weighted by atomic mass is 10.2. The second-order valence-corrected chi connectivity index (χ2v) is 4.61. The number of nitrogens with zero attached hydrogens (tertiary/aromatic N) is 1. The number of carbonyl (C=O) groups is 2. The van der Waals surface area contributed by atoms with Crippen molar-refractivity contribution < 1.29 is 9.59 Å². The maximum absolute atomic E-state index is 11.5. The van der Waals surface area contributed by atoms with E-state index in [1.165, 1.54) is 11.8 Å². The normalized spacial score (nSPS) is 35.6. The minimum absolute atomic E-state index is 0.0984. The fourth-order valence-electron chi connectivity index (χ4n) is 1.81. The molecule has 0 aromatic heterocycles. The van der Waals surface area contributed by atoms with E-state index >= 15 is 0 Å². The van der Waals surface area contributed by atoms with Crippen LogP contribution in [-0.4, -0.2) is 33.8 Å². The van der Waals surface area contributed by atoms with E-state index in [1.54, 1.807) is 11.8 Å². The van der Waals surface area contributed by atoms with Gasteiger partial charge in [-0.1, -0.05) is 11.8 Å². The summed E-state index contributed by atoms with van der Waals surface area (Å²) < 4.78 is 0. The van der Waals surface area contributed by atoms with Crippen molar-refractivity contribution in [3.63, 3.8) is 0 Å². The predicted molar refractivity (Wildman–Crippen MR) is 46.8 cm³/mol. The number of hydrogen-bond donors (Lipinski definition) is 0. The molecule has 2 heterocycles. The number of rotatable bonds is 0. The van der Waals surface area contributed by atoms with Gasteiger partial charge in [0.25, 0.3) is 0 Å². The molecule has 2 aliphatic rings. The molecule has 0 aromatic carbocycles. The minimum Gasteiger partial charge on any atom is -0.331 e. The fourth-order valence-corrected chi connectivity index (χ4v) is 2.80. The van der Waals surface area contributed by atoms with Crippen LogP contribution in [-0.2, 0) is 9.59 Å². The van der Waals surface area contributed by atoms with Gasteiger partial charge in [-0.05, 0) is 19.8 Å². The quantitative estimate of drug-likeness (QED) is 0.555. The van der Waals surface area contributed by atoms with Crippen molar-refractivity contribution in [3.05, 3.63) is 0 Å². The average Bonchev–Trinajstić information content (AvgIpc) is 2.48. The average molecular weight is 185 g/mol. The lowest BCUT2D eigenvalue weighted by molar-refractivity contribution is -0.135. The van der Waals surface area contributed by atoms with Gasteiger partial charge in [0, 0.05) is 6.54 Å². The molecule has 0 aromatic rings. The first-order valence-electron chi connectivity index (χ1n) is 4.21. The summed E-state index contributed by atoms with van der Waals surface area (Å²) in [4.78, 5) is 24.6. The Hall–Kier alpha value is -0.510. The first-order chi connectivity index (χ1) is 5.70. The van der Waals surface area contributed by atoms with E-state index in [9.17, 15) is 9.59 Å². The van der Waals surface area contributed by atoms with Gasteiger partial charge in [-0.15, -0.1) is 0 Å². The van der Waals surface area contributed by atoms with Gasteiger partial charge in [-0.25, -0.2) is 0 Å². The molecule has 12 heavy (non-hydrogen) atoms. The first kappa shape index (κ1) is 8.10. The topological polar surface area (TPSA) is 37.4 Å². The lowest BCUT2D eigenvalue weighted by Gasteiger charge is -2.31. The molecule has 1 amide bonds. The van der Waals surface area contributed by atoms with Crippen LogP contribution in [0.5, 0.6) is 0 Å². The molecule has 0 N–H and O–H groups in total. The summed E-state index contributed by atoms with van der Waals surface area (Å²) >= 11 is 1.20. The van der Waals surface area contributed by atoms with Gasteiger partial charge in [-0.3, -0.25) is 9.59 Å². The van der Waals surface area contributed by atoms with Crippen molar-refractivity contribution in [2.24, 2.45) is 0 Å². The molecule has 2 saturated heterocycles. The van der Waals surface area contributed by atoms with Crippen molar-refractivity contribution in [1.82, 2.24) is 4.90 Å². The Balaban J connectivity index is 2.23. The van der Waals surface area contributed by atoms with E-state index < -0.39 is 0 Å². The highest BCUT2D eigenvalue weighted by molar-refractivity contribution is 8.15. The SMILES string of the molecule is C[C@H]1SC(=O)C2CCCN2C1=O. The van der Waals surface area contributed by atoms with Crippen LogP contribution < -0.4 is 0 Å². The third kappa shape index (κ3) is 1.05. The molecule has 66 valence electrons. The van der Waals surface area contributed by atoms with Crippen LogP contribution >= 0.6 is 11.8 Å². The molecule has 0 spiro atoms. The van der Waals surface area contributed by atoms with Crippen LogP contribution in [0.4, 0.5) is 0 Å². The largest absolute Gasteiger partial charge is 0.331 e. The zero-order chi connectivity index (χ0) is 8.72. The molecule has 0 bridgehead atoms. The van der Waals surface area contributed by atoms with Crippen molar-refractivity contribution in [3.8, 4) is 0 Å². The van der Waals surface area contributed by atoms with Crippen LogP contribution in [0, 0.1) is 0 Å². The van der Waals surface area contributed by atoms with Crippen molar-refractivity contribution in [2.45, 2.75) is 31.1 Å². The highest BCUT2D eigenvalue weighted by atomic mass is 32.2. The number of carbonyl (C=O) groups excluding carboxylic acids is 2. The Morgan fingerprint density at radius 3 is 3.00 bits per heavy atom. The monoisotopic (exact) mass is 185 g/mol. The Labute approximate surface area is 75.5 Å². The van der Waals surface area contributed by atoms with Gasteiger partial charge in [0.1, 0.15) is 6.04 Å². The van der Waals surface area contributed by atoms with E-state index in [2.05, 4.69) is 0 Å². The number of fused-ring (bicyclic) bond motifs is 1. The van der Waals surface area contributed by atoms with Crippen LogP contribution in [0.25, 0.3) is 0 Å². The van der Waals surface area contributed by atoms with Gasteiger partial charge in [-0.2, -0.15) is 0 Å². The van der Waals surface area contributed by atoms with Crippen molar-refractivity contribution >= 4 is 22.8 Å². The third-order valence-corrected chi connectivity index (χ3v) is 3.51. The minimum atomic E-state index is -0.160. The zero-order valence-electron chi connectivity index (χ0n) is 6.95. The van der Waals surface area contributed by atoms with Gasteiger partial charge in [0.15, 0.2) is 0 Å². The Kier molecular flexibility index (Phi) is 1.87. The Bertz CT molecular complexity index is 241. The number of amides is 1. The number of hydrogen-bond acceptors (Lipinski definition) is 3. The molecule has 1 unspecified atom stereocenters.